The highest BCUT2D eigenvalue weighted by atomic mass is 32.2. The van der Waals surface area contributed by atoms with E-state index in [-0.39, 0.29) is 5.69 Å². The fourth-order valence-electron chi connectivity index (χ4n) is 3.31. The molecule has 0 saturated heterocycles. The summed E-state index contributed by atoms with van der Waals surface area (Å²) in [6.45, 7) is 0. The first-order chi connectivity index (χ1) is 15.4. The molecule has 32 heavy (non-hydrogen) atoms. The van der Waals surface area contributed by atoms with Gasteiger partial charge in [0, 0.05) is 28.3 Å². The smallest absolute Gasteiger partial charge is 0.293 e. The minimum absolute atomic E-state index is 0.248. The van der Waals surface area contributed by atoms with Gasteiger partial charge in [-0.15, -0.1) is 5.10 Å². The Hall–Kier alpha value is -4.18. The van der Waals surface area contributed by atoms with Gasteiger partial charge in [0.2, 0.25) is 5.95 Å². The molecule has 0 saturated carbocycles. The SMILES string of the molecule is CS(=N)(=O)c1cccc(-c2nc3c4ccccc4nc(Nc4ccccnc4=O)n3n2)c1. The second-order valence-electron chi connectivity index (χ2n) is 7.17. The first-order valence-corrected chi connectivity index (χ1v) is 11.6. The van der Waals surface area contributed by atoms with Crippen LogP contribution in [0.5, 0.6) is 0 Å². The molecule has 9 nitrogen and oxygen atoms in total. The van der Waals surface area contributed by atoms with Gasteiger partial charge in [-0.2, -0.15) is 4.52 Å². The summed E-state index contributed by atoms with van der Waals surface area (Å²) in [7, 11) is -2.89. The molecule has 0 radical (unpaired) electrons. The van der Waals surface area contributed by atoms with Crippen LogP contribution in [0.3, 0.4) is 0 Å². The lowest BCUT2D eigenvalue weighted by molar-refractivity contribution is 0.679. The van der Waals surface area contributed by atoms with E-state index in [1.165, 1.54) is 17.0 Å². The number of benzene rings is 2. The van der Waals surface area contributed by atoms with Gasteiger partial charge in [0.1, 0.15) is 5.69 Å². The molecule has 3 heterocycles. The van der Waals surface area contributed by atoms with Crippen LogP contribution in [0.2, 0.25) is 0 Å². The molecule has 3 aromatic heterocycles. The van der Waals surface area contributed by atoms with Crippen molar-refractivity contribution >= 4 is 37.9 Å². The maximum absolute atomic E-state index is 12.3. The predicted octanol–water partition coefficient (Wildman–Crippen LogP) is 3.48. The first-order valence-electron chi connectivity index (χ1n) is 9.62. The summed E-state index contributed by atoms with van der Waals surface area (Å²) in [6, 6.07) is 19.3. The first kappa shape index (κ1) is 19.8. The second-order valence-corrected chi connectivity index (χ2v) is 9.33. The Labute approximate surface area is 182 Å². The zero-order chi connectivity index (χ0) is 22.3. The molecule has 0 fully saturated rings. The van der Waals surface area contributed by atoms with Crippen LogP contribution in [0.25, 0.3) is 27.9 Å². The van der Waals surface area contributed by atoms with Crippen molar-refractivity contribution in [2.24, 2.45) is 0 Å². The topological polar surface area (TPSA) is 126 Å². The number of anilines is 2. The van der Waals surface area contributed by atoms with Gasteiger partial charge in [-0.25, -0.2) is 23.9 Å². The fourth-order valence-corrected chi connectivity index (χ4v) is 4.00. The number of fused-ring (bicyclic) bond motifs is 3. The zero-order valence-corrected chi connectivity index (χ0v) is 17.7. The van der Waals surface area contributed by atoms with Crippen LogP contribution in [0, 0.1) is 4.78 Å². The lowest BCUT2D eigenvalue weighted by atomic mass is 10.2. The Kier molecular flexibility index (Phi) is 4.63. The Morgan fingerprint density at radius 2 is 1.81 bits per heavy atom. The van der Waals surface area contributed by atoms with E-state index in [4.69, 9.17) is 9.76 Å². The molecule has 1 atom stereocenters. The van der Waals surface area contributed by atoms with Crippen LogP contribution < -0.4 is 10.9 Å². The summed E-state index contributed by atoms with van der Waals surface area (Å²) in [5.74, 6) is 0.689. The van der Waals surface area contributed by atoms with Crippen LogP contribution in [0.4, 0.5) is 11.6 Å². The maximum Gasteiger partial charge on any atom is 0.293 e. The maximum atomic E-state index is 12.3. The van der Waals surface area contributed by atoms with Crippen molar-refractivity contribution in [1.29, 1.82) is 4.78 Å². The number of nitrogens with one attached hydrogen (secondary N) is 2. The summed E-state index contributed by atoms with van der Waals surface area (Å²) >= 11 is 0. The Bertz CT molecular complexity index is 1660. The van der Waals surface area contributed by atoms with Crippen LogP contribution in [-0.2, 0) is 9.73 Å². The molecule has 158 valence electrons. The molecule has 0 aliphatic rings. The Morgan fingerprint density at radius 3 is 2.66 bits per heavy atom. The van der Waals surface area contributed by atoms with E-state index in [0.29, 0.717) is 33.4 Å². The number of para-hydroxylation sites is 1. The van der Waals surface area contributed by atoms with Gasteiger partial charge in [-0.05, 0) is 36.4 Å². The molecular formula is C22H17N7O2S. The van der Waals surface area contributed by atoms with Gasteiger partial charge < -0.3 is 5.32 Å². The molecule has 5 rings (SSSR count). The van der Waals surface area contributed by atoms with Crippen molar-refractivity contribution in [1.82, 2.24) is 24.6 Å². The van der Waals surface area contributed by atoms with E-state index in [2.05, 4.69) is 20.4 Å². The average molecular weight is 443 g/mol. The van der Waals surface area contributed by atoms with E-state index in [0.717, 1.165) is 5.39 Å². The molecule has 10 heteroatoms. The summed E-state index contributed by atoms with van der Waals surface area (Å²) < 4.78 is 21.6. The molecule has 0 aliphatic carbocycles. The minimum atomic E-state index is -2.89. The Balaban J connectivity index is 1.74. The zero-order valence-electron chi connectivity index (χ0n) is 16.9. The summed E-state index contributed by atoms with van der Waals surface area (Å²) in [5, 5.41) is 8.41. The van der Waals surface area contributed by atoms with E-state index in [1.807, 2.05) is 24.3 Å². The molecule has 0 aliphatic heterocycles. The Morgan fingerprint density at radius 1 is 1.00 bits per heavy atom. The predicted molar refractivity (Wildman–Crippen MR) is 123 cm³/mol. The van der Waals surface area contributed by atoms with Crippen molar-refractivity contribution in [3.8, 4) is 11.4 Å². The highest BCUT2D eigenvalue weighted by Crippen LogP contribution is 2.26. The number of rotatable bonds is 4. The normalized spacial score (nSPS) is 13.2. The number of nitrogens with zero attached hydrogens (tertiary/aromatic N) is 5. The highest BCUT2D eigenvalue weighted by Gasteiger charge is 2.16. The van der Waals surface area contributed by atoms with Gasteiger partial charge >= 0.3 is 0 Å². The highest BCUT2D eigenvalue weighted by molar-refractivity contribution is 7.91. The van der Waals surface area contributed by atoms with Crippen LogP contribution in [0.1, 0.15) is 0 Å². The van der Waals surface area contributed by atoms with Gasteiger partial charge in [0.25, 0.3) is 5.56 Å². The lowest BCUT2D eigenvalue weighted by Crippen LogP contribution is -2.11. The molecule has 1 unspecified atom stereocenters. The van der Waals surface area contributed by atoms with Crippen molar-refractivity contribution in [3.63, 3.8) is 0 Å². The molecule has 2 aromatic carbocycles. The fraction of sp³-hybridized carbons (Fsp3) is 0.0455. The molecule has 5 aromatic rings. The summed E-state index contributed by atoms with van der Waals surface area (Å²) in [5.41, 5.74) is 1.67. The van der Waals surface area contributed by atoms with Crippen LogP contribution >= 0.6 is 0 Å². The van der Waals surface area contributed by atoms with Crippen LogP contribution in [0.15, 0.2) is 82.6 Å². The summed E-state index contributed by atoms with van der Waals surface area (Å²) in [4.78, 5) is 25.8. The number of hydrogen-bond donors (Lipinski definition) is 2. The molecule has 2 N–H and O–H groups in total. The third-order valence-corrected chi connectivity index (χ3v) is 6.00. The molecular weight excluding hydrogens is 426 g/mol. The third-order valence-electron chi connectivity index (χ3n) is 4.85. The molecule has 0 spiro atoms. The summed E-state index contributed by atoms with van der Waals surface area (Å²) in [6.07, 6.45) is 2.80. The quantitative estimate of drug-likeness (QED) is 0.435. The molecule has 0 bridgehead atoms. The van der Waals surface area contributed by atoms with Gasteiger partial charge in [-0.3, -0.25) is 4.79 Å². The van der Waals surface area contributed by atoms with E-state index >= 15 is 0 Å². The number of aromatic nitrogens is 5. The van der Waals surface area contributed by atoms with Crippen molar-refractivity contribution in [3.05, 3.63) is 83.3 Å². The van der Waals surface area contributed by atoms with E-state index in [1.54, 1.807) is 42.5 Å². The second kappa shape index (κ2) is 7.50. The van der Waals surface area contributed by atoms with Crippen molar-refractivity contribution in [2.75, 3.05) is 11.6 Å². The number of hydrogen-bond acceptors (Lipinski definition) is 8. The van der Waals surface area contributed by atoms with Crippen molar-refractivity contribution in [2.45, 2.75) is 4.90 Å². The van der Waals surface area contributed by atoms with E-state index in [9.17, 15) is 9.00 Å². The van der Waals surface area contributed by atoms with Gasteiger partial charge in [0.15, 0.2) is 11.5 Å². The minimum Gasteiger partial charge on any atom is -0.319 e. The standard InChI is InChI=1S/C22H17N7O2S/c1-32(23,31)15-8-6-7-14(13-15)19-27-20-16-9-2-3-10-17(16)25-22(29(20)28-19)26-18-11-4-5-12-24-21(18)30/h2-13,23H,1H3,(H,24,25,26,30). The van der Waals surface area contributed by atoms with Gasteiger partial charge in [0.05, 0.1) is 15.2 Å². The average Bonchev–Trinajstić information content (AvgIpc) is 3.14. The monoisotopic (exact) mass is 443 g/mol. The molecule has 0 amide bonds. The largest absolute Gasteiger partial charge is 0.319 e. The third kappa shape index (κ3) is 3.56. The van der Waals surface area contributed by atoms with E-state index < -0.39 is 15.3 Å². The van der Waals surface area contributed by atoms with Gasteiger partial charge in [-0.1, -0.05) is 30.3 Å². The van der Waals surface area contributed by atoms with Crippen molar-refractivity contribution < 1.29 is 4.21 Å². The van der Waals surface area contributed by atoms with Crippen LogP contribution in [-0.4, -0.2) is 35.0 Å². The lowest BCUT2D eigenvalue weighted by Gasteiger charge is -2.07.